The highest BCUT2D eigenvalue weighted by Gasteiger charge is 2.37. The van der Waals surface area contributed by atoms with Crippen molar-refractivity contribution in [2.45, 2.75) is 18.8 Å². The van der Waals surface area contributed by atoms with Crippen molar-refractivity contribution in [3.05, 3.63) is 0 Å². The van der Waals surface area contributed by atoms with Gasteiger partial charge in [-0.1, -0.05) is 11.8 Å². The van der Waals surface area contributed by atoms with Crippen molar-refractivity contribution < 1.29 is 22.8 Å². The molecule has 1 saturated heterocycles. The molecule has 0 aromatic heterocycles. The van der Waals surface area contributed by atoms with E-state index in [0.717, 1.165) is 18.2 Å². The van der Waals surface area contributed by atoms with E-state index in [-0.39, 0.29) is 6.29 Å². The second kappa shape index (κ2) is 7.67. The van der Waals surface area contributed by atoms with Crippen molar-refractivity contribution in [1.29, 1.82) is 0 Å². The molecule has 0 spiro atoms. The minimum Gasteiger partial charge on any atom is -0.448 e. The zero-order valence-electron chi connectivity index (χ0n) is 10.3. The average Bonchev–Trinajstić information content (AvgIpc) is 2.76. The lowest BCUT2D eigenvalue weighted by molar-refractivity contribution is -0.0630. The summed E-state index contributed by atoms with van der Waals surface area (Å²) in [5.41, 5.74) is 0. The van der Waals surface area contributed by atoms with Gasteiger partial charge >= 0.3 is 8.80 Å². The molecule has 1 fully saturated rings. The molecular formula is C9H18O5S2Si. The molecule has 17 heavy (non-hydrogen) atoms. The molecule has 8 heteroatoms. The highest BCUT2D eigenvalue weighted by molar-refractivity contribution is 8.22. The fraction of sp³-hybridized carbons (Fsp3) is 0.889. The smallest absolute Gasteiger partial charge is 0.448 e. The van der Waals surface area contributed by atoms with Gasteiger partial charge < -0.3 is 22.8 Å². The zero-order chi connectivity index (χ0) is 12.7. The van der Waals surface area contributed by atoms with Crippen LogP contribution < -0.4 is 0 Å². The minimum atomic E-state index is -2.46. The van der Waals surface area contributed by atoms with E-state index in [0.29, 0.717) is 11.0 Å². The Morgan fingerprint density at radius 2 is 2.00 bits per heavy atom. The SMILES string of the molecule is CO[Si](CCCOC1CSC(=S)O1)(OC)OC. The van der Waals surface area contributed by atoms with Crippen molar-refractivity contribution in [3.63, 3.8) is 0 Å². The van der Waals surface area contributed by atoms with E-state index in [1.165, 1.54) is 11.8 Å². The Balaban J connectivity index is 2.16. The Hall–Kier alpha value is 0.297. The lowest BCUT2D eigenvalue weighted by atomic mass is 10.5. The van der Waals surface area contributed by atoms with Crippen LogP contribution in [0.2, 0.25) is 6.04 Å². The fourth-order valence-electron chi connectivity index (χ4n) is 1.45. The van der Waals surface area contributed by atoms with E-state index < -0.39 is 8.80 Å². The minimum absolute atomic E-state index is 0.212. The molecule has 1 aliphatic rings. The topological polar surface area (TPSA) is 46.2 Å². The van der Waals surface area contributed by atoms with Crippen LogP contribution in [0.25, 0.3) is 0 Å². The molecule has 1 heterocycles. The molecule has 100 valence electrons. The van der Waals surface area contributed by atoms with Crippen LogP contribution >= 0.6 is 24.0 Å². The van der Waals surface area contributed by atoms with Crippen LogP contribution in [0, 0.1) is 0 Å². The van der Waals surface area contributed by atoms with Gasteiger partial charge in [0, 0.05) is 27.4 Å². The molecule has 0 aromatic carbocycles. The van der Waals surface area contributed by atoms with Gasteiger partial charge in [-0.25, -0.2) is 0 Å². The molecule has 5 nitrogen and oxygen atoms in total. The van der Waals surface area contributed by atoms with Crippen LogP contribution in [0.5, 0.6) is 0 Å². The Bertz CT molecular complexity index is 241. The van der Waals surface area contributed by atoms with Crippen molar-refractivity contribution in [2.75, 3.05) is 33.7 Å². The van der Waals surface area contributed by atoms with Crippen LogP contribution in [0.15, 0.2) is 0 Å². The Morgan fingerprint density at radius 3 is 2.47 bits per heavy atom. The summed E-state index contributed by atoms with van der Waals surface area (Å²) in [7, 11) is 2.36. The summed E-state index contributed by atoms with van der Waals surface area (Å²) >= 11 is 6.40. The van der Waals surface area contributed by atoms with Gasteiger partial charge in [0.1, 0.15) is 0 Å². The van der Waals surface area contributed by atoms with Gasteiger partial charge in [0.25, 0.3) is 0 Å². The predicted molar refractivity (Wildman–Crippen MR) is 72.1 cm³/mol. The first-order valence-corrected chi connectivity index (χ1v) is 8.59. The van der Waals surface area contributed by atoms with E-state index in [4.69, 9.17) is 35.0 Å². The lowest BCUT2D eigenvalue weighted by Gasteiger charge is -2.24. The van der Waals surface area contributed by atoms with E-state index in [1.54, 1.807) is 21.3 Å². The van der Waals surface area contributed by atoms with Crippen molar-refractivity contribution in [3.8, 4) is 0 Å². The van der Waals surface area contributed by atoms with E-state index in [2.05, 4.69) is 0 Å². The number of hydrogen-bond donors (Lipinski definition) is 0. The molecule has 0 saturated carbocycles. The second-order valence-corrected chi connectivity index (χ2v) is 8.09. The third kappa shape index (κ3) is 4.82. The molecule has 1 aliphatic heterocycles. The fourth-order valence-corrected chi connectivity index (χ4v) is 4.07. The van der Waals surface area contributed by atoms with Crippen LogP contribution in [-0.4, -0.2) is 53.2 Å². The van der Waals surface area contributed by atoms with E-state index in [9.17, 15) is 0 Å². The van der Waals surface area contributed by atoms with Crippen LogP contribution in [0.1, 0.15) is 6.42 Å². The Kier molecular flexibility index (Phi) is 6.93. The van der Waals surface area contributed by atoms with Gasteiger partial charge in [0.05, 0.1) is 12.4 Å². The van der Waals surface area contributed by atoms with Gasteiger partial charge in [0.2, 0.25) is 10.7 Å². The molecule has 1 unspecified atom stereocenters. The zero-order valence-corrected chi connectivity index (χ0v) is 12.9. The van der Waals surface area contributed by atoms with Gasteiger partial charge in [-0.3, -0.25) is 0 Å². The number of hydrogen-bond acceptors (Lipinski definition) is 7. The van der Waals surface area contributed by atoms with Gasteiger partial charge in [0.15, 0.2) is 0 Å². The van der Waals surface area contributed by atoms with Crippen molar-refractivity contribution in [2.24, 2.45) is 0 Å². The third-order valence-electron chi connectivity index (χ3n) is 2.43. The maximum atomic E-state index is 5.53. The standard InChI is InChI=1S/C9H18O5S2Si/c1-10-17(11-2,12-3)6-4-5-13-8-7-16-9(15)14-8/h8H,4-7H2,1-3H3. The lowest BCUT2D eigenvalue weighted by Crippen LogP contribution is -2.42. The highest BCUT2D eigenvalue weighted by atomic mass is 32.2. The summed E-state index contributed by atoms with van der Waals surface area (Å²) < 4.78 is 27.3. The Morgan fingerprint density at radius 1 is 1.35 bits per heavy atom. The molecule has 0 aromatic rings. The first kappa shape index (κ1) is 15.4. The molecule has 0 amide bonds. The largest absolute Gasteiger partial charge is 0.500 e. The van der Waals surface area contributed by atoms with Crippen LogP contribution in [0.3, 0.4) is 0 Å². The molecule has 1 atom stereocenters. The summed E-state index contributed by atoms with van der Waals surface area (Å²) in [6.07, 6.45) is 0.593. The van der Waals surface area contributed by atoms with Gasteiger partial charge in [-0.15, -0.1) is 0 Å². The van der Waals surface area contributed by atoms with Crippen molar-refractivity contribution >= 4 is 37.2 Å². The van der Waals surface area contributed by atoms with E-state index in [1.807, 2.05) is 0 Å². The quantitative estimate of drug-likeness (QED) is 0.383. The molecule has 0 bridgehead atoms. The van der Waals surface area contributed by atoms with Crippen LogP contribution in [-0.2, 0) is 22.8 Å². The van der Waals surface area contributed by atoms with Crippen molar-refractivity contribution in [1.82, 2.24) is 0 Å². The number of ether oxygens (including phenoxy) is 2. The third-order valence-corrected chi connectivity index (χ3v) is 6.48. The molecule has 0 aliphatic carbocycles. The summed E-state index contributed by atoms with van der Waals surface area (Å²) in [6, 6.07) is 0.723. The summed E-state index contributed by atoms with van der Waals surface area (Å²) in [4.78, 5) is 0. The number of thiocarbonyl (C=S) groups is 1. The maximum Gasteiger partial charge on any atom is 0.500 e. The summed E-state index contributed by atoms with van der Waals surface area (Å²) in [5, 5.41) is 0. The Labute approximate surface area is 112 Å². The molecule has 0 N–H and O–H groups in total. The first-order chi connectivity index (χ1) is 8.15. The maximum absolute atomic E-state index is 5.53. The normalized spacial score (nSPS) is 20.6. The summed E-state index contributed by atoms with van der Waals surface area (Å²) in [6.45, 7) is 0.582. The summed E-state index contributed by atoms with van der Waals surface area (Å²) in [5.74, 6) is 0.764. The number of rotatable bonds is 8. The predicted octanol–water partition coefficient (Wildman–Crippen LogP) is 1.65. The molecule has 0 radical (unpaired) electrons. The molecular weight excluding hydrogens is 280 g/mol. The van der Waals surface area contributed by atoms with Crippen LogP contribution in [0.4, 0.5) is 0 Å². The average molecular weight is 298 g/mol. The van der Waals surface area contributed by atoms with Gasteiger partial charge in [-0.05, 0) is 18.6 Å². The highest BCUT2D eigenvalue weighted by Crippen LogP contribution is 2.21. The molecule has 1 rings (SSSR count). The first-order valence-electron chi connectivity index (χ1n) is 5.26. The monoisotopic (exact) mass is 298 g/mol. The second-order valence-electron chi connectivity index (χ2n) is 3.38. The van der Waals surface area contributed by atoms with E-state index >= 15 is 0 Å². The number of thioether (sulfide) groups is 1. The van der Waals surface area contributed by atoms with Gasteiger partial charge in [-0.2, -0.15) is 0 Å².